The van der Waals surface area contributed by atoms with Crippen LogP contribution in [0.25, 0.3) is 0 Å². The summed E-state index contributed by atoms with van der Waals surface area (Å²) >= 11 is 0. The Labute approximate surface area is 93.1 Å². The van der Waals surface area contributed by atoms with E-state index in [1.54, 1.807) is 48.5 Å². The van der Waals surface area contributed by atoms with Gasteiger partial charge in [0.25, 0.3) is 0 Å². The molecule has 0 aromatic heterocycles. The highest BCUT2D eigenvalue weighted by Gasteiger charge is 2.41. The first kappa shape index (κ1) is 14.9. The number of hydrogen-bond acceptors (Lipinski definition) is 3. The van der Waals surface area contributed by atoms with Crippen molar-refractivity contribution in [2.45, 2.75) is 64.4 Å². The lowest BCUT2D eigenvalue weighted by Gasteiger charge is -2.39. The van der Waals surface area contributed by atoms with Crippen LogP contribution in [-0.4, -0.2) is 29.4 Å². The Morgan fingerprint density at radius 2 is 1.27 bits per heavy atom. The van der Waals surface area contributed by atoms with Crippen molar-refractivity contribution in [2.75, 3.05) is 0 Å². The molecule has 0 saturated carbocycles. The fraction of sp³-hybridized carbons (Fsp3) is 1.00. The Morgan fingerprint density at radius 1 is 0.933 bits per heavy atom. The zero-order chi connectivity index (χ0) is 12.7. The highest BCUT2D eigenvalue weighted by atomic mass is 32.2. The standard InChI is InChI=1S/C10H23NO3S/c1-8(2,3)15(13,14)11-9(4,5)10(6,7)12/h11-12H,1-7H3. The summed E-state index contributed by atoms with van der Waals surface area (Å²) in [5.74, 6) is 0. The van der Waals surface area contributed by atoms with Crippen LogP contribution < -0.4 is 4.72 Å². The summed E-state index contributed by atoms with van der Waals surface area (Å²) in [6.07, 6.45) is 0. The molecule has 0 aliphatic rings. The molecule has 0 amide bonds. The summed E-state index contributed by atoms with van der Waals surface area (Å²) in [6.45, 7) is 11.4. The summed E-state index contributed by atoms with van der Waals surface area (Å²) in [7, 11) is -3.45. The van der Waals surface area contributed by atoms with Crippen molar-refractivity contribution in [1.29, 1.82) is 0 Å². The van der Waals surface area contributed by atoms with Crippen molar-refractivity contribution in [1.82, 2.24) is 4.72 Å². The average molecular weight is 237 g/mol. The molecule has 0 fully saturated rings. The molecular formula is C10H23NO3S. The van der Waals surface area contributed by atoms with Gasteiger partial charge in [0.2, 0.25) is 10.0 Å². The first-order chi connectivity index (χ1) is 6.21. The smallest absolute Gasteiger partial charge is 0.217 e. The molecular weight excluding hydrogens is 214 g/mol. The van der Waals surface area contributed by atoms with Crippen LogP contribution in [0, 0.1) is 0 Å². The van der Waals surface area contributed by atoms with Gasteiger partial charge < -0.3 is 5.11 Å². The average Bonchev–Trinajstić information content (AvgIpc) is 1.77. The first-order valence-electron chi connectivity index (χ1n) is 4.97. The van der Waals surface area contributed by atoms with E-state index >= 15 is 0 Å². The van der Waals surface area contributed by atoms with Crippen molar-refractivity contribution >= 4 is 10.0 Å². The van der Waals surface area contributed by atoms with Gasteiger partial charge in [0.05, 0.1) is 15.9 Å². The molecule has 0 rings (SSSR count). The van der Waals surface area contributed by atoms with Crippen LogP contribution in [-0.2, 0) is 10.0 Å². The van der Waals surface area contributed by atoms with E-state index in [4.69, 9.17) is 0 Å². The topological polar surface area (TPSA) is 66.4 Å². The third kappa shape index (κ3) is 3.43. The first-order valence-corrected chi connectivity index (χ1v) is 6.45. The lowest BCUT2D eigenvalue weighted by molar-refractivity contribution is 0.00616. The molecule has 0 aromatic carbocycles. The van der Waals surface area contributed by atoms with Crippen LogP contribution in [0.4, 0.5) is 0 Å². The summed E-state index contributed by atoms with van der Waals surface area (Å²) in [6, 6.07) is 0. The van der Waals surface area contributed by atoms with E-state index in [0.29, 0.717) is 0 Å². The van der Waals surface area contributed by atoms with Crippen LogP contribution in [0.1, 0.15) is 48.5 Å². The molecule has 15 heavy (non-hydrogen) atoms. The van der Waals surface area contributed by atoms with Gasteiger partial charge in [-0.25, -0.2) is 13.1 Å². The maximum atomic E-state index is 11.9. The Bertz CT molecular complexity index is 318. The van der Waals surface area contributed by atoms with Crippen molar-refractivity contribution < 1.29 is 13.5 Å². The maximum Gasteiger partial charge on any atom is 0.217 e. The van der Waals surface area contributed by atoms with Crippen molar-refractivity contribution in [2.24, 2.45) is 0 Å². The number of aliphatic hydroxyl groups is 1. The van der Waals surface area contributed by atoms with E-state index in [2.05, 4.69) is 4.72 Å². The largest absolute Gasteiger partial charge is 0.389 e. The molecule has 0 bridgehead atoms. The zero-order valence-electron chi connectivity index (χ0n) is 10.7. The predicted octanol–water partition coefficient (Wildman–Crippen LogP) is 1.25. The van der Waals surface area contributed by atoms with Gasteiger partial charge in [0.1, 0.15) is 0 Å². The van der Waals surface area contributed by atoms with Crippen molar-refractivity contribution in [3.63, 3.8) is 0 Å². The molecule has 0 heterocycles. The quantitative estimate of drug-likeness (QED) is 0.776. The Morgan fingerprint density at radius 3 is 1.47 bits per heavy atom. The monoisotopic (exact) mass is 237 g/mol. The minimum absolute atomic E-state index is 0.879. The molecule has 0 atom stereocenters. The Balaban J connectivity index is 5.08. The number of nitrogens with one attached hydrogen (secondary N) is 1. The van der Waals surface area contributed by atoms with Gasteiger partial charge in [-0.2, -0.15) is 0 Å². The van der Waals surface area contributed by atoms with Gasteiger partial charge in [0, 0.05) is 0 Å². The molecule has 0 saturated heterocycles. The third-order valence-corrected chi connectivity index (χ3v) is 5.12. The molecule has 4 nitrogen and oxygen atoms in total. The van der Waals surface area contributed by atoms with E-state index in [1.165, 1.54) is 0 Å². The summed E-state index contributed by atoms with van der Waals surface area (Å²) < 4.78 is 25.4. The maximum absolute atomic E-state index is 11.9. The van der Waals surface area contributed by atoms with Crippen molar-refractivity contribution in [3.8, 4) is 0 Å². The number of rotatable bonds is 3. The lowest BCUT2D eigenvalue weighted by Crippen LogP contribution is -2.60. The Kier molecular flexibility index (Phi) is 3.68. The second-order valence-electron chi connectivity index (χ2n) is 5.90. The molecule has 0 spiro atoms. The molecule has 0 aliphatic heterocycles. The van der Waals surface area contributed by atoms with Crippen LogP contribution in [0.3, 0.4) is 0 Å². The van der Waals surface area contributed by atoms with E-state index < -0.39 is 25.9 Å². The highest BCUT2D eigenvalue weighted by Crippen LogP contribution is 2.24. The molecule has 0 aliphatic carbocycles. The van der Waals surface area contributed by atoms with Gasteiger partial charge in [-0.1, -0.05) is 0 Å². The minimum atomic E-state index is -3.45. The molecule has 2 N–H and O–H groups in total. The van der Waals surface area contributed by atoms with Gasteiger partial charge >= 0.3 is 0 Å². The van der Waals surface area contributed by atoms with Crippen LogP contribution in [0.5, 0.6) is 0 Å². The zero-order valence-corrected chi connectivity index (χ0v) is 11.5. The van der Waals surface area contributed by atoms with Gasteiger partial charge in [0.15, 0.2) is 0 Å². The van der Waals surface area contributed by atoms with Crippen molar-refractivity contribution in [3.05, 3.63) is 0 Å². The van der Waals surface area contributed by atoms with E-state index in [1.807, 2.05) is 0 Å². The molecule has 5 heteroatoms. The fourth-order valence-electron chi connectivity index (χ4n) is 0.614. The van der Waals surface area contributed by atoms with Gasteiger partial charge in [-0.05, 0) is 48.5 Å². The SMILES string of the molecule is CC(C)(O)C(C)(C)NS(=O)(=O)C(C)(C)C. The fourth-order valence-corrected chi connectivity index (χ4v) is 1.84. The molecule has 0 aromatic rings. The molecule has 0 unspecified atom stereocenters. The van der Waals surface area contributed by atoms with Gasteiger partial charge in [-0.15, -0.1) is 0 Å². The van der Waals surface area contributed by atoms with E-state index in [9.17, 15) is 13.5 Å². The normalized spacial score (nSPS) is 15.5. The second kappa shape index (κ2) is 3.71. The highest BCUT2D eigenvalue weighted by molar-refractivity contribution is 7.90. The van der Waals surface area contributed by atoms with Crippen LogP contribution in [0.15, 0.2) is 0 Å². The Hall–Kier alpha value is -0.130. The number of hydrogen-bond donors (Lipinski definition) is 2. The molecule has 92 valence electrons. The van der Waals surface area contributed by atoms with Gasteiger partial charge in [-0.3, -0.25) is 0 Å². The second-order valence-corrected chi connectivity index (χ2v) is 8.34. The molecule has 0 radical (unpaired) electrons. The number of sulfonamides is 1. The summed E-state index contributed by atoms with van der Waals surface area (Å²) in [5.41, 5.74) is -2.02. The van der Waals surface area contributed by atoms with Crippen LogP contribution in [0.2, 0.25) is 0 Å². The predicted molar refractivity (Wildman–Crippen MR) is 62.2 cm³/mol. The minimum Gasteiger partial charge on any atom is -0.389 e. The van der Waals surface area contributed by atoms with Crippen LogP contribution >= 0.6 is 0 Å². The summed E-state index contributed by atoms with van der Waals surface area (Å²) in [5, 5.41) is 9.85. The lowest BCUT2D eigenvalue weighted by atomic mass is 9.87. The van der Waals surface area contributed by atoms with E-state index in [-0.39, 0.29) is 0 Å². The third-order valence-electron chi connectivity index (χ3n) is 2.73. The summed E-state index contributed by atoms with van der Waals surface area (Å²) in [4.78, 5) is 0. The van der Waals surface area contributed by atoms with E-state index in [0.717, 1.165) is 0 Å².